The van der Waals surface area contributed by atoms with Gasteiger partial charge < -0.3 is 14.8 Å². The van der Waals surface area contributed by atoms with Gasteiger partial charge in [0.05, 0.1) is 19.0 Å². The number of sulfonamides is 1. The fourth-order valence-electron chi connectivity index (χ4n) is 4.61. The molecule has 0 amide bonds. The third-order valence-corrected chi connectivity index (χ3v) is 7.79. The van der Waals surface area contributed by atoms with E-state index in [1.54, 1.807) is 19.2 Å². The van der Waals surface area contributed by atoms with Gasteiger partial charge in [0.1, 0.15) is 23.0 Å². The fraction of sp³-hybridized carbons (Fsp3) is 0.391. The number of likely N-dealkylation sites (tertiary alicyclic amines) is 1. The quantitative estimate of drug-likeness (QED) is 0.760. The third kappa shape index (κ3) is 4.15. The van der Waals surface area contributed by atoms with E-state index in [0.29, 0.717) is 17.2 Å². The van der Waals surface area contributed by atoms with Crippen LogP contribution >= 0.6 is 0 Å². The smallest absolute Gasteiger partial charge is 0.244 e. The van der Waals surface area contributed by atoms with Crippen LogP contribution in [0.25, 0.3) is 6.08 Å². The van der Waals surface area contributed by atoms with Crippen molar-refractivity contribution in [3.8, 4) is 11.5 Å². The maximum absolute atomic E-state index is 12.6. The predicted molar refractivity (Wildman–Crippen MR) is 120 cm³/mol. The first-order chi connectivity index (χ1) is 15.0. The number of benzene rings is 2. The van der Waals surface area contributed by atoms with E-state index >= 15 is 0 Å². The van der Waals surface area contributed by atoms with E-state index in [9.17, 15) is 8.42 Å². The van der Waals surface area contributed by atoms with Gasteiger partial charge in [0.2, 0.25) is 10.0 Å². The summed E-state index contributed by atoms with van der Waals surface area (Å²) in [6.45, 7) is 3.30. The Bertz CT molecular complexity index is 1110. The number of ether oxygens (including phenoxy) is 2. The normalized spacial score (nSPS) is 23.0. The van der Waals surface area contributed by atoms with Crippen molar-refractivity contribution < 1.29 is 17.9 Å². The zero-order valence-corrected chi connectivity index (χ0v) is 18.3. The molecule has 0 spiro atoms. The number of nitrogens with zero attached hydrogens (tertiary/aromatic N) is 1. The lowest BCUT2D eigenvalue weighted by molar-refractivity contribution is 0.176. The molecule has 1 atom stereocenters. The molecule has 164 valence electrons. The number of fused-ring (bicyclic) bond motifs is 2. The van der Waals surface area contributed by atoms with E-state index in [1.165, 1.54) is 5.57 Å². The highest BCUT2D eigenvalue weighted by Gasteiger charge is 2.35. The summed E-state index contributed by atoms with van der Waals surface area (Å²) in [7, 11) is -1.81. The second kappa shape index (κ2) is 8.18. The molecule has 31 heavy (non-hydrogen) atoms. The Hall–Kier alpha value is -2.55. The van der Waals surface area contributed by atoms with Gasteiger partial charge in [-0.2, -0.15) is 4.72 Å². The maximum atomic E-state index is 12.6. The number of nitrogens with one attached hydrogen (secondary N) is 2. The van der Waals surface area contributed by atoms with Crippen molar-refractivity contribution in [2.75, 3.05) is 38.7 Å². The van der Waals surface area contributed by atoms with Crippen LogP contribution in [-0.2, 0) is 10.0 Å². The SMILES string of the molecule is COc1ccc2c(c1)C=C(CN1CCC([C@@H]3Nc4ccccc4S(=O)(=O)N3)CC1)CO2. The summed E-state index contributed by atoms with van der Waals surface area (Å²) in [5.74, 6) is 1.96. The van der Waals surface area contributed by atoms with Crippen LogP contribution in [0.4, 0.5) is 5.69 Å². The van der Waals surface area contributed by atoms with Crippen LogP contribution in [-0.4, -0.2) is 52.8 Å². The van der Waals surface area contributed by atoms with E-state index in [-0.39, 0.29) is 12.1 Å². The van der Waals surface area contributed by atoms with Crippen molar-refractivity contribution >= 4 is 21.8 Å². The average Bonchev–Trinajstić information content (AvgIpc) is 2.78. The predicted octanol–water partition coefficient (Wildman–Crippen LogP) is 2.91. The zero-order valence-electron chi connectivity index (χ0n) is 17.5. The van der Waals surface area contributed by atoms with Crippen LogP contribution in [0.15, 0.2) is 52.9 Å². The monoisotopic (exact) mass is 441 g/mol. The Kier molecular flexibility index (Phi) is 5.37. The van der Waals surface area contributed by atoms with E-state index in [4.69, 9.17) is 9.47 Å². The van der Waals surface area contributed by atoms with Crippen LogP contribution < -0.4 is 19.5 Å². The highest BCUT2D eigenvalue weighted by Crippen LogP contribution is 2.32. The first-order valence-electron chi connectivity index (χ1n) is 10.6. The standard InChI is InChI=1S/C23H27N3O4S/c1-29-19-6-7-21-18(13-19)12-16(15-30-21)14-26-10-8-17(9-11-26)23-24-20-4-2-3-5-22(20)31(27,28)25-23/h2-7,12-13,17,23-25H,8-11,14-15H2,1H3/t23-/m1/s1. The third-order valence-electron chi connectivity index (χ3n) is 6.29. The second-order valence-electron chi connectivity index (χ2n) is 8.35. The van der Waals surface area contributed by atoms with Crippen molar-refractivity contribution in [3.05, 3.63) is 53.6 Å². The largest absolute Gasteiger partial charge is 0.497 e. The van der Waals surface area contributed by atoms with Crippen LogP contribution in [0, 0.1) is 5.92 Å². The lowest BCUT2D eigenvalue weighted by Gasteiger charge is -2.39. The molecule has 2 aromatic carbocycles. The van der Waals surface area contributed by atoms with Gasteiger partial charge >= 0.3 is 0 Å². The van der Waals surface area contributed by atoms with Crippen LogP contribution in [0.3, 0.4) is 0 Å². The molecular formula is C23H27N3O4S. The number of para-hydroxylation sites is 1. The number of methoxy groups -OCH3 is 1. The summed E-state index contributed by atoms with van der Waals surface area (Å²) >= 11 is 0. The first kappa shape index (κ1) is 20.4. The lowest BCUT2D eigenvalue weighted by Crippen LogP contribution is -2.52. The molecule has 2 N–H and O–H groups in total. The highest BCUT2D eigenvalue weighted by molar-refractivity contribution is 7.89. The highest BCUT2D eigenvalue weighted by atomic mass is 32.2. The average molecular weight is 442 g/mol. The minimum absolute atomic E-state index is 0.251. The Morgan fingerprint density at radius 3 is 2.77 bits per heavy atom. The van der Waals surface area contributed by atoms with E-state index in [0.717, 1.165) is 49.5 Å². The number of anilines is 1. The van der Waals surface area contributed by atoms with Crippen molar-refractivity contribution in [2.24, 2.45) is 5.92 Å². The van der Waals surface area contributed by atoms with Gasteiger partial charge in [-0.1, -0.05) is 12.1 Å². The molecule has 0 aromatic heterocycles. The lowest BCUT2D eigenvalue weighted by atomic mass is 9.93. The van der Waals surface area contributed by atoms with Crippen molar-refractivity contribution in [3.63, 3.8) is 0 Å². The van der Waals surface area contributed by atoms with Gasteiger partial charge in [-0.05, 0) is 73.8 Å². The minimum Gasteiger partial charge on any atom is -0.497 e. The van der Waals surface area contributed by atoms with Gasteiger partial charge in [0.15, 0.2) is 0 Å². The van der Waals surface area contributed by atoms with Crippen LogP contribution in [0.5, 0.6) is 11.5 Å². The Morgan fingerprint density at radius 2 is 1.97 bits per heavy atom. The fourth-order valence-corrected chi connectivity index (χ4v) is 6.00. The molecule has 0 radical (unpaired) electrons. The molecule has 3 heterocycles. The molecule has 2 aromatic rings. The van der Waals surface area contributed by atoms with Gasteiger partial charge in [-0.15, -0.1) is 0 Å². The number of hydrogen-bond acceptors (Lipinski definition) is 6. The first-order valence-corrected chi connectivity index (χ1v) is 12.1. The molecule has 1 saturated heterocycles. The Labute approximate surface area is 183 Å². The molecule has 0 unspecified atom stereocenters. The second-order valence-corrected chi connectivity index (χ2v) is 10.0. The molecule has 3 aliphatic heterocycles. The maximum Gasteiger partial charge on any atom is 0.244 e. The van der Waals surface area contributed by atoms with Crippen molar-refractivity contribution in [1.29, 1.82) is 0 Å². The topological polar surface area (TPSA) is 79.9 Å². The van der Waals surface area contributed by atoms with Gasteiger partial charge in [-0.25, -0.2) is 8.42 Å². The molecule has 5 rings (SSSR count). The van der Waals surface area contributed by atoms with Crippen molar-refractivity contribution in [2.45, 2.75) is 23.9 Å². The zero-order chi connectivity index (χ0) is 21.4. The molecule has 0 aliphatic carbocycles. The number of piperidine rings is 1. The Morgan fingerprint density at radius 1 is 1.16 bits per heavy atom. The van der Waals surface area contributed by atoms with Gasteiger partial charge in [0, 0.05) is 12.1 Å². The summed E-state index contributed by atoms with van der Waals surface area (Å²) in [6, 6.07) is 12.9. The summed E-state index contributed by atoms with van der Waals surface area (Å²) in [5.41, 5.74) is 2.98. The van der Waals surface area contributed by atoms with Gasteiger partial charge in [0.25, 0.3) is 0 Å². The number of rotatable bonds is 4. The summed E-state index contributed by atoms with van der Waals surface area (Å²) in [6.07, 6.45) is 3.79. The summed E-state index contributed by atoms with van der Waals surface area (Å²) in [4.78, 5) is 2.74. The molecule has 0 saturated carbocycles. The molecule has 7 nitrogen and oxygen atoms in total. The minimum atomic E-state index is -3.47. The van der Waals surface area contributed by atoms with E-state index in [1.807, 2.05) is 30.3 Å². The molecule has 3 aliphatic rings. The summed E-state index contributed by atoms with van der Waals surface area (Å²) in [5, 5.41) is 3.39. The summed E-state index contributed by atoms with van der Waals surface area (Å²) < 4.78 is 39.3. The molecular weight excluding hydrogens is 414 g/mol. The Balaban J connectivity index is 1.21. The van der Waals surface area contributed by atoms with E-state index in [2.05, 4.69) is 21.0 Å². The molecule has 8 heteroatoms. The van der Waals surface area contributed by atoms with Crippen LogP contribution in [0.1, 0.15) is 18.4 Å². The molecule has 0 bridgehead atoms. The molecule has 1 fully saturated rings. The van der Waals surface area contributed by atoms with E-state index < -0.39 is 10.0 Å². The van der Waals surface area contributed by atoms with Gasteiger partial charge in [-0.3, -0.25) is 4.90 Å². The van der Waals surface area contributed by atoms with Crippen molar-refractivity contribution in [1.82, 2.24) is 9.62 Å². The number of hydrogen-bond donors (Lipinski definition) is 2. The van der Waals surface area contributed by atoms with Crippen LogP contribution in [0.2, 0.25) is 0 Å².